The molecule has 80 valence electrons. The zero-order valence-electron chi connectivity index (χ0n) is 8.68. The topological polar surface area (TPSA) is 34.1 Å². The lowest BCUT2D eigenvalue weighted by atomic mass is 10.4. The molecule has 0 amide bonds. The molecule has 1 aliphatic carbocycles. The van der Waals surface area contributed by atoms with E-state index in [1.807, 2.05) is 18.2 Å². The monoisotopic (exact) mass is 222 g/mol. The molecule has 0 unspecified atom stereocenters. The molecule has 0 heterocycles. The number of hydrogen-bond acceptors (Lipinski definition) is 2. The van der Waals surface area contributed by atoms with Crippen LogP contribution in [0.2, 0.25) is 0 Å². The zero-order chi connectivity index (χ0) is 11.3. The van der Waals surface area contributed by atoms with E-state index in [0.29, 0.717) is 16.2 Å². The average molecular weight is 222 g/mol. The van der Waals surface area contributed by atoms with Crippen LogP contribution in [0.5, 0.6) is 0 Å². The summed E-state index contributed by atoms with van der Waals surface area (Å²) < 4.78 is 24.0. The zero-order valence-corrected chi connectivity index (χ0v) is 9.50. The van der Waals surface area contributed by atoms with Gasteiger partial charge in [0.05, 0.1) is 4.91 Å². The normalized spacial score (nSPS) is 17.1. The Kier molecular flexibility index (Phi) is 3.86. The summed E-state index contributed by atoms with van der Waals surface area (Å²) in [5.74, 6) is 0. The van der Waals surface area contributed by atoms with Crippen LogP contribution >= 0.6 is 0 Å². The van der Waals surface area contributed by atoms with Crippen molar-refractivity contribution in [1.29, 1.82) is 0 Å². The maximum Gasteiger partial charge on any atom is 0.198 e. The van der Waals surface area contributed by atoms with Gasteiger partial charge in [-0.2, -0.15) is 0 Å². The van der Waals surface area contributed by atoms with E-state index in [4.69, 9.17) is 0 Å². The molecule has 0 aliphatic heterocycles. The van der Waals surface area contributed by atoms with E-state index < -0.39 is 9.84 Å². The van der Waals surface area contributed by atoms with Gasteiger partial charge in [0.15, 0.2) is 9.84 Å². The molecule has 0 saturated heterocycles. The summed E-state index contributed by atoms with van der Waals surface area (Å²) >= 11 is 0. The molecule has 1 rings (SSSR count). The minimum Gasteiger partial charge on any atom is -0.219 e. The highest BCUT2D eigenvalue weighted by Gasteiger charge is 2.18. The fourth-order valence-electron chi connectivity index (χ4n) is 1.22. The standard InChI is InChI=1S/C12H14O2S/c1-3-8-11(2)15(13,14)12-9-6-4-5-7-10-12/h3-9H,1,10H2,2H3/b11-8+. The quantitative estimate of drug-likeness (QED) is 0.688. The molecular weight excluding hydrogens is 208 g/mol. The van der Waals surface area contributed by atoms with Crippen LogP contribution in [-0.2, 0) is 9.84 Å². The van der Waals surface area contributed by atoms with Gasteiger partial charge < -0.3 is 0 Å². The molecule has 0 spiro atoms. The van der Waals surface area contributed by atoms with Crippen LogP contribution in [0.25, 0.3) is 0 Å². The average Bonchev–Trinajstić information content (AvgIpc) is 2.46. The number of hydrogen-bond donors (Lipinski definition) is 0. The molecule has 0 fully saturated rings. The molecular formula is C12H14O2S. The summed E-state index contributed by atoms with van der Waals surface area (Å²) in [6.45, 7) is 5.07. The van der Waals surface area contributed by atoms with E-state index in [1.54, 1.807) is 19.1 Å². The van der Waals surface area contributed by atoms with Crippen LogP contribution < -0.4 is 0 Å². The third-order valence-corrected chi connectivity index (χ3v) is 4.06. The summed E-state index contributed by atoms with van der Waals surface area (Å²) in [7, 11) is -3.30. The Morgan fingerprint density at radius 2 is 2.13 bits per heavy atom. The first-order valence-electron chi connectivity index (χ1n) is 4.66. The Hall–Kier alpha value is -1.35. The van der Waals surface area contributed by atoms with Gasteiger partial charge in [0.1, 0.15) is 0 Å². The summed E-state index contributed by atoms with van der Waals surface area (Å²) in [6, 6.07) is 0. The van der Waals surface area contributed by atoms with E-state index in [0.717, 1.165) is 0 Å². The molecule has 3 heteroatoms. The second-order valence-electron chi connectivity index (χ2n) is 3.17. The van der Waals surface area contributed by atoms with Crippen molar-refractivity contribution < 1.29 is 8.42 Å². The van der Waals surface area contributed by atoms with Gasteiger partial charge in [0.2, 0.25) is 0 Å². The Morgan fingerprint density at radius 1 is 1.40 bits per heavy atom. The lowest BCUT2D eigenvalue weighted by Crippen LogP contribution is -2.04. The van der Waals surface area contributed by atoms with Gasteiger partial charge in [0.25, 0.3) is 0 Å². The fraction of sp³-hybridized carbons (Fsp3) is 0.167. The fourth-order valence-corrected chi connectivity index (χ4v) is 2.48. The van der Waals surface area contributed by atoms with Crippen molar-refractivity contribution in [1.82, 2.24) is 0 Å². The van der Waals surface area contributed by atoms with Gasteiger partial charge in [0, 0.05) is 11.3 Å². The minimum absolute atomic E-state index is 0.326. The van der Waals surface area contributed by atoms with E-state index in [1.165, 1.54) is 12.2 Å². The van der Waals surface area contributed by atoms with Crippen LogP contribution in [0.3, 0.4) is 0 Å². The maximum absolute atomic E-state index is 12.0. The molecule has 0 atom stereocenters. The third-order valence-electron chi connectivity index (χ3n) is 2.08. The molecule has 0 N–H and O–H groups in total. The molecule has 2 nitrogen and oxygen atoms in total. The number of sulfone groups is 1. The lowest BCUT2D eigenvalue weighted by molar-refractivity contribution is 0.607. The van der Waals surface area contributed by atoms with Crippen LogP contribution in [-0.4, -0.2) is 8.42 Å². The van der Waals surface area contributed by atoms with Gasteiger partial charge >= 0.3 is 0 Å². The summed E-state index contributed by atoms with van der Waals surface area (Å²) in [4.78, 5) is 0.746. The third kappa shape index (κ3) is 2.80. The van der Waals surface area contributed by atoms with Crippen molar-refractivity contribution in [3.63, 3.8) is 0 Å². The van der Waals surface area contributed by atoms with E-state index >= 15 is 0 Å². The largest absolute Gasteiger partial charge is 0.219 e. The van der Waals surface area contributed by atoms with Gasteiger partial charge in [-0.3, -0.25) is 0 Å². The highest BCUT2D eigenvalue weighted by molar-refractivity contribution is 7.98. The first-order valence-corrected chi connectivity index (χ1v) is 6.14. The molecule has 15 heavy (non-hydrogen) atoms. The van der Waals surface area contributed by atoms with Crippen molar-refractivity contribution in [2.45, 2.75) is 13.3 Å². The predicted molar refractivity (Wildman–Crippen MR) is 63.9 cm³/mol. The first kappa shape index (κ1) is 11.7. The molecule has 0 bridgehead atoms. The van der Waals surface area contributed by atoms with Crippen LogP contribution in [0.1, 0.15) is 13.3 Å². The summed E-state index contributed by atoms with van der Waals surface area (Å²) in [6.07, 6.45) is 12.3. The highest BCUT2D eigenvalue weighted by Crippen LogP contribution is 2.21. The smallest absolute Gasteiger partial charge is 0.198 e. The van der Waals surface area contributed by atoms with Crippen LogP contribution in [0.15, 0.2) is 58.9 Å². The van der Waals surface area contributed by atoms with Crippen molar-refractivity contribution in [3.8, 4) is 0 Å². The Balaban J connectivity index is 3.12. The van der Waals surface area contributed by atoms with Crippen molar-refractivity contribution in [2.24, 2.45) is 0 Å². The van der Waals surface area contributed by atoms with Gasteiger partial charge in [-0.25, -0.2) is 8.42 Å². The highest BCUT2D eigenvalue weighted by atomic mass is 32.2. The van der Waals surface area contributed by atoms with E-state index in [-0.39, 0.29) is 0 Å². The molecule has 0 radical (unpaired) electrons. The lowest BCUT2D eigenvalue weighted by Gasteiger charge is -2.05. The van der Waals surface area contributed by atoms with Gasteiger partial charge in [-0.05, 0) is 19.1 Å². The maximum atomic E-state index is 12.0. The Morgan fingerprint density at radius 3 is 2.80 bits per heavy atom. The van der Waals surface area contributed by atoms with E-state index in [2.05, 4.69) is 6.58 Å². The first-order chi connectivity index (χ1) is 7.09. The summed E-state index contributed by atoms with van der Waals surface area (Å²) in [5.41, 5.74) is 0. The Labute approximate surface area is 90.9 Å². The SMILES string of the molecule is C=C/C=C(\C)S(=O)(=O)C1=CC=CC=CC1. The number of allylic oxidation sites excluding steroid dienone is 9. The molecule has 0 aromatic rings. The molecule has 1 aliphatic rings. The predicted octanol–water partition coefficient (Wildman–Crippen LogP) is 2.89. The molecule has 0 saturated carbocycles. The van der Waals surface area contributed by atoms with Crippen molar-refractivity contribution >= 4 is 9.84 Å². The summed E-state index contributed by atoms with van der Waals surface area (Å²) in [5, 5.41) is 0. The number of rotatable bonds is 3. The van der Waals surface area contributed by atoms with Gasteiger partial charge in [-0.15, -0.1) is 0 Å². The van der Waals surface area contributed by atoms with Crippen LogP contribution in [0.4, 0.5) is 0 Å². The Bertz CT molecular complexity index is 460. The van der Waals surface area contributed by atoms with E-state index in [9.17, 15) is 8.42 Å². The van der Waals surface area contributed by atoms with Crippen molar-refractivity contribution in [2.75, 3.05) is 0 Å². The van der Waals surface area contributed by atoms with Crippen LogP contribution in [0, 0.1) is 0 Å². The van der Waals surface area contributed by atoms with Gasteiger partial charge in [-0.1, -0.05) is 37.0 Å². The second kappa shape index (κ2) is 4.94. The molecule has 0 aromatic heterocycles. The minimum atomic E-state index is -3.30. The molecule has 0 aromatic carbocycles. The second-order valence-corrected chi connectivity index (χ2v) is 5.34. The van der Waals surface area contributed by atoms with Crippen molar-refractivity contribution in [3.05, 3.63) is 58.9 Å².